The number of thiophene rings is 1. The van der Waals surface area contributed by atoms with E-state index < -0.39 is 0 Å². The number of hydrogen-bond acceptors (Lipinski definition) is 9. The van der Waals surface area contributed by atoms with Crippen LogP contribution in [-0.4, -0.2) is 20.3 Å². The summed E-state index contributed by atoms with van der Waals surface area (Å²) in [4.78, 5) is 4.39. The van der Waals surface area contributed by atoms with Crippen molar-refractivity contribution in [3.05, 3.63) is 53.0 Å². The quantitative estimate of drug-likeness (QED) is 0.491. The maximum atomic E-state index is 5.28. The second-order valence-corrected chi connectivity index (χ2v) is 7.66. The van der Waals surface area contributed by atoms with Crippen LogP contribution in [0.4, 0.5) is 10.8 Å². The first-order valence-electron chi connectivity index (χ1n) is 7.00. The summed E-state index contributed by atoms with van der Waals surface area (Å²) in [6.07, 6.45) is 0. The third kappa shape index (κ3) is 3.64. The Morgan fingerprint density at radius 3 is 2.88 bits per heavy atom. The summed E-state index contributed by atoms with van der Waals surface area (Å²) in [6, 6.07) is 11.9. The number of para-hydroxylation sites is 1. The number of rotatable bonds is 6. The van der Waals surface area contributed by atoms with E-state index in [0.717, 1.165) is 20.7 Å². The summed E-state index contributed by atoms with van der Waals surface area (Å²) >= 11 is 4.63. The summed E-state index contributed by atoms with van der Waals surface area (Å²) in [5.74, 6) is 1.77. The number of nitrogens with one attached hydrogen (secondary N) is 1. The van der Waals surface area contributed by atoms with Crippen LogP contribution >= 0.6 is 34.4 Å². The minimum absolute atomic E-state index is 0.567. The lowest BCUT2D eigenvalue weighted by atomic mass is 10.3. The zero-order valence-corrected chi connectivity index (χ0v) is 14.7. The van der Waals surface area contributed by atoms with Crippen LogP contribution in [0.25, 0.3) is 11.4 Å². The molecule has 0 aliphatic heterocycles. The van der Waals surface area contributed by atoms with Gasteiger partial charge in [-0.15, -0.1) is 10.2 Å². The summed E-state index contributed by atoms with van der Waals surface area (Å²) in [5, 5.41) is 20.3. The molecule has 0 radical (unpaired) electrons. The highest BCUT2D eigenvalue weighted by Crippen LogP contribution is 2.30. The molecule has 3 aromatic heterocycles. The Morgan fingerprint density at radius 2 is 2.04 bits per heavy atom. The van der Waals surface area contributed by atoms with Crippen molar-refractivity contribution in [2.45, 2.75) is 10.1 Å². The summed E-state index contributed by atoms with van der Waals surface area (Å²) in [5.41, 5.74) is 1.97. The Bertz CT molecular complexity index is 904. The molecule has 0 aliphatic rings. The first-order valence-corrected chi connectivity index (χ1v) is 9.75. The Labute approximate surface area is 150 Å². The lowest BCUT2D eigenvalue weighted by Crippen LogP contribution is -1.87. The molecular weight excluding hydrogens is 362 g/mol. The Kier molecular flexibility index (Phi) is 4.54. The highest BCUT2D eigenvalue weighted by Gasteiger charge is 2.11. The molecule has 4 rings (SSSR count). The van der Waals surface area contributed by atoms with Crippen LogP contribution in [-0.2, 0) is 5.75 Å². The van der Waals surface area contributed by atoms with Crippen molar-refractivity contribution >= 4 is 45.3 Å². The van der Waals surface area contributed by atoms with Gasteiger partial charge in [-0.2, -0.15) is 16.3 Å². The second kappa shape index (κ2) is 7.12. The highest BCUT2D eigenvalue weighted by atomic mass is 32.2. The van der Waals surface area contributed by atoms with Crippen LogP contribution in [0.3, 0.4) is 0 Å². The maximum absolute atomic E-state index is 5.28. The molecule has 3 heterocycles. The van der Waals surface area contributed by atoms with Crippen molar-refractivity contribution in [2.24, 2.45) is 0 Å². The lowest BCUT2D eigenvalue weighted by Gasteiger charge is -1.99. The molecular formula is C15H11N5OS3. The Balaban J connectivity index is 1.36. The monoisotopic (exact) mass is 373 g/mol. The number of aromatic nitrogens is 4. The minimum atomic E-state index is 0.567. The fraction of sp³-hybridized carbons (Fsp3) is 0.0667. The van der Waals surface area contributed by atoms with E-state index in [1.54, 1.807) is 11.3 Å². The zero-order chi connectivity index (χ0) is 16.2. The van der Waals surface area contributed by atoms with E-state index in [1.165, 1.54) is 23.1 Å². The van der Waals surface area contributed by atoms with Crippen LogP contribution in [0.1, 0.15) is 5.89 Å². The van der Waals surface area contributed by atoms with Crippen molar-refractivity contribution in [3.63, 3.8) is 0 Å². The normalized spacial score (nSPS) is 10.8. The van der Waals surface area contributed by atoms with E-state index in [0.29, 0.717) is 17.5 Å². The van der Waals surface area contributed by atoms with Crippen molar-refractivity contribution in [1.82, 2.24) is 20.3 Å². The van der Waals surface area contributed by atoms with E-state index >= 15 is 0 Å². The molecule has 1 N–H and O–H groups in total. The molecule has 24 heavy (non-hydrogen) atoms. The fourth-order valence-electron chi connectivity index (χ4n) is 1.91. The number of nitrogens with zero attached hydrogens (tertiary/aromatic N) is 4. The minimum Gasteiger partial charge on any atom is -0.338 e. The van der Waals surface area contributed by atoms with E-state index in [2.05, 4.69) is 25.7 Å². The van der Waals surface area contributed by atoms with Crippen molar-refractivity contribution in [3.8, 4) is 11.4 Å². The average Bonchev–Trinajstić information content (AvgIpc) is 3.35. The SMILES string of the molecule is c1ccc(Nc2nnc(SCc3nc(-c4ccsc4)no3)s2)cc1. The van der Waals surface area contributed by atoms with Crippen molar-refractivity contribution in [2.75, 3.05) is 5.32 Å². The summed E-state index contributed by atoms with van der Waals surface area (Å²) < 4.78 is 6.13. The van der Waals surface area contributed by atoms with Crippen LogP contribution < -0.4 is 5.32 Å². The van der Waals surface area contributed by atoms with Gasteiger partial charge in [-0.1, -0.05) is 46.5 Å². The van der Waals surface area contributed by atoms with E-state index in [4.69, 9.17) is 4.52 Å². The summed E-state index contributed by atoms with van der Waals surface area (Å²) in [7, 11) is 0. The first-order chi connectivity index (χ1) is 11.9. The van der Waals surface area contributed by atoms with Crippen LogP contribution in [0.5, 0.6) is 0 Å². The van der Waals surface area contributed by atoms with Gasteiger partial charge in [-0.05, 0) is 23.6 Å². The highest BCUT2D eigenvalue weighted by molar-refractivity contribution is 8.00. The zero-order valence-electron chi connectivity index (χ0n) is 12.2. The molecule has 6 nitrogen and oxygen atoms in total. The number of thioether (sulfide) groups is 1. The van der Waals surface area contributed by atoms with Gasteiger partial charge >= 0.3 is 0 Å². The first kappa shape index (κ1) is 15.3. The smallest absolute Gasteiger partial charge is 0.237 e. The molecule has 120 valence electrons. The van der Waals surface area contributed by atoms with Gasteiger partial charge in [0.1, 0.15) is 0 Å². The Hall–Kier alpha value is -2.23. The molecule has 0 unspecified atom stereocenters. The number of anilines is 2. The third-order valence-electron chi connectivity index (χ3n) is 3.00. The largest absolute Gasteiger partial charge is 0.338 e. The second-order valence-electron chi connectivity index (χ2n) is 4.68. The number of hydrogen-bond donors (Lipinski definition) is 1. The third-order valence-corrected chi connectivity index (χ3v) is 5.64. The van der Waals surface area contributed by atoms with Crippen LogP contribution in [0.2, 0.25) is 0 Å². The van der Waals surface area contributed by atoms with E-state index in [9.17, 15) is 0 Å². The average molecular weight is 373 g/mol. The molecule has 4 aromatic rings. The standard InChI is InChI=1S/C15H11N5OS3/c1-2-4-11(5-3-1)16-14-18-19-15(24-14)23-9-12-17-13(20-21-12)10-6-7-22-8-10/h1-8H,9H2,(H,16,18). The van der Waals surface area contributed by atoms with E-state index in [1.807, 2.05) is 47.2 Å². The molecule has 0 atom stereocenters. The van der Waals surface area contributed by atoms with Gasteiger partial charge in [-0.3, -0.25) is 0 Å². The molecule has 0 saturated carbocycles. The van der Waals surface area contributed by atoms with Crippen LogP contribution in [0, 0.1) is 0 Å². The molecule has 0 bridgehead atoms. The number of benzene rings is 1. The molecule has 0 spiro atoms. The van der Waals surface area contributed by atoms with Gasteiger partial charge in [0.15, 0.2) is 4.34 Å². The topological polar surface area (TPSA) is 76.7 Å². The van der Waals surface area contributed by atoms with Crippen molar-refractivity contribution in [1.29, 1.82) is 0 Å². The molecule has 0 aliphatic carbocycles. The van der Waals surface area contributed by atoms with Crippen LogP contribution in [0.15, 0.2) is 56.0 Å². The van der Waals surface area contributed by atoms with Gasteiger partial charge in [0.2, 0.25) is 16.8 Å². The lowest BCUT2D eigenvalue weighted by molar-refractivity contribution is 0.391. The molecule has 0 saturated heterocycles. The van der Waals surface area contributed by atoms with Gasteiger partial charge in [0.05, 0.1) is 5.75 Å². The molecule has 1 aromatic carbocycles. The maximum Gasteiger partial charge on any atom is 0.237 e. The molecule has 9 heteroatoms. The predicted octanol–water partition coefficient (Wildman–Crippen LogP) is 4.69. The van der Waals surface area contributed by atoms with Gasteiger partial charge in [0, 0.05) is 16.6 Å². The molecule has 0 amide bonds. The summed E-state index contributed by atoms with van der Waals surface area (Å²) in [6.45, 7) is 0. The van der Waals surface area contributed by atoms with Gasteiger partial charge in [0.25, 0.3) is 0 Å². The van der Waals surface area contributed by atoms with Crippen molar-refractivity contribution < 1.29 is 4.52 Å². The van der Waals surface area contributed by atoms with Gasteiger partial charge in [-0.25, -0.2) is 0 Å². The van der Waals surface area contributed by atoms with Gasteiger partial charge < -0.3 is 9.84 Å². The Morgan fingerprint density at radius 1 is 1.12 bits per heavy atom. The van der Waals surface area contributed by atoms with E-state index in [-0.39, 0.29) is 0 Å². The fourth-order valence-corrected chi connectivity index (χ4v) is 4.15. The molecule has 0 fully saturated rings. The predicted molar refractivity (Wildman–Crippen MR) is 96.8 cm³/mol.